The number of benzene rings is 2. The van der Waals surface area contributed by atoms with Crippen molar-refractivity contribution in [2.45, 2.75) is 13.5 Å². The highest BCUT2D eigenvalue weighted by Crippen LogP contribution is 2.29. The summed E-state index contributed by atoms with van der Waals surface area (Å²) in [5.74, 6) is -0.157. The first-order valence-electron chi connectivity index (χ1n) is 8.75. The Morgan fingerprint density at radius 3 is 2.62 bits per heavy atom. The van der Waals surface area contributed by atoms with Crippen LogP contribution in [0.2, 0.25) is 0 Å². The molecule has 1 heterocycles. The highest BCUT2D eigenvalue weighted by Gasteiger charge is 2.17. The van der Waals surface area contributed by atoms with Gasteiger partial charge in [-0.1, -0.05) is 17.3 Å². The smallest absolute Gasteiger partial charge is 0.211 e. The van der Waals surface area contributed by atoms with E-state index in [0.717, 1.165) is 6.08 Å². The van der Waals surface area contributed by atoms with Crippen molar-refractivity contribution in [1.29, 1.82) is 0 Å². The minimum absolute atomic E-state index is 0.105. The molecule has 1 N–H and O–H groups in total. The van der Waals surface area contributed by atoms with Gasteiger partial charge in [-0.25, -0.2) is 9.07 Å². The molecule has 0 saturated heterocycles. The van der Waals surface area contributed by atoms with E-state index in [2.05, 4.69) is 10.3 Å². The molecule has 7 nitrogen and oxygen atoms in total. The highest BCUT2D eigenvalue weighted by atomic mass is 19.1. The fraction of sp³-hybridized carbons (Fsp3) is 0.190. The Hall–Kier alpha value is -3.68. The van der Waals surface area contributed by atoms with Crippen LogP contribution < -0.4 is 9.47 Å². The molecule has 0 aliphatic rings. The Balaban J connectivity index is 1.82. The molecular weight excluding hydrogens is 377 g/mol. The number of halogens is 1. The van der Waals surface area contributed by atoms with Gasteiger partial charge < -0.3 is 14.6 Å². The fourth-order valence-corrected chi connectivity index (χ4v) is 2.82. The molecule has 0 spiro atoms. The van der Waals surface area contributed by atoms with Gasteiger partial charge in [0.2, 0.25) is 5.78 Å². The highest BCUT2D eigenvalue weighted by molar-refractivity contribution is 6.07. The van der Waals surface area contributed by atoms with Crippen LogP contribution in [0.3, 0.4) is 0 Å². The van der Waals surface area contributed by atoms with Crippen molar-refractivity contribution in [3.05, 3.63) is 76.9 Å². The minimum atomic E-state index is -0.500. The molecule has 0 bridgehead atoms. The zero-order chi connectivity index (χ0) is 21.0. The summed E-state index contributed by atoms with van der Waals surface area (Å²) in [6, 6.07) is 10.9. The largest absolute Gasteiger partial charge is 0.507 e. The Bertz CT molecular complexity index is 1080. The van der Waals surface area contributed by atoms with Crippen LogP contribution in [0, 0.1) is 12.7 Å². The summed E-state index contributed by atoms with van der Waals surface area (Å²) in [5.41, 5.74) is 1.70. The maximum atomic E-state index is 13.4. The third kappa shape index (κ3) is 4.43. The standard InChI is InChI=1S/C21H20FN3O4/c1-13-21(23-24-25(13)12-14-5-4-6-16(22)9-14)18(27)11-17(26)15-7-8-19(28-2)20(10-15)29-3/h4-11,26H,12H2,1-3H3/b17-11-. The van der Waals surface area contributed by atoms with Gasteiger partial charge in [0.1, 0.15) is 11.6 Å². The number of aliphatic hydroxyl groups excluding tert-OH is 1. The first kappa shape index (κ1) is 20.1. The minimum Gasteiger partial charge on any atom is -0.507 e. The van der Waals surface area contributed by atoms with Gasteiger partial charge in [0, 0.05) is 11.6 Å². The van der Waals surface area contributed by atoms with Crippen molar-refractivity contribution in [3.8, 4) is 11.5 Å². The van der Waals surface area contributed by atoms with Gasteiger partial charge in [0.05, 0.1) is 26.5 Å². The SMILES string of the molecule is COc1ccc(/C(O)=C/C(=O)c2nnn(Cc3cccc(F)c3)c2C)cc1OC. The molecule has 29 heavy (non-hydrogen) atoms. The maximum Gasteiger partial charge on any atom is 0.211 e. The van der Waals surface area contributed by atoms with E-state index in [1.807, 2.05) is 0 Å². The molecule has 0 aliphatic heterocycles. The first-order chi connectivity index (χ1) is 13.9. The summed E-state index contributed by atoms with van der Waals surface area (Å²) in [5, 5.41) is 18.2. The van der Waals surface area contributed by atoms with E-state index < -0.39 is 5.78 Å². The Morgan fingerprint density at radius 2 is 1.93 bits per heavy atom. The fourth-order valence-electron chi connectivity index (χ4n) is 2.82. The number of nitrogens with zero attached hydrogens (tertiary/aromatic N) is 3. The summed E-state index contributed by atoms with van der Waals surface area (Å²) in [6.07, 6.45) is 1.07. The lowest BCUT2D eigenvalue weighted by Crippen LogP contribution is -2.06. The lowest BCUT2D eigenvalue weighted by atomic mass is 10.1. The number of hydrogen-bond donors (Lipinski definition) is 1. The summed E-state index contributed by atoms with van der Waals surface area (Å²) in [7, 11) is 2.99. The van der Waals surface area contributed by atoms with E-state index in [0.29, 0.717) is 28.3 Å². The van der Waals surface area contributed by atoms with Crippen LogP contribution in [0.25, 0.3) is 5.76 Å². The number of ether oxygens (including phenoxy) is 2. The third-order valence-electron chi connectivity index (χ3n) is 4.38. The lowest BCUT2D eigenvalue weighted by molar-refractivity contribution is 0.104. The molecule has 0 unspecified atom stereocenters. The monoisotopic (exact) mass is 397 g/mol. The van der Waals surface area contributed by atoms with Crippen LogP contribution in [0.4, 0.5) is 4.39 Å². The second-order valence-electron chi connectivity index (χ2n) is 6.27. The van der Waals surface area contributed by atoms with Crippen LogP contribution in [-0.4, -0.2) is 40.1 Å². The van der Waals surface area contributed by atoms with Gasteiger partial charge in [0.15, 0.2) is 17.2 Å². The molecule has 150 valence electrons. The summed E-state index contributed by atoms with van der Waals surface area (Å²) < 4.78 is 25.2. The quantitative estimate of drug-likeness (QED) is 0.373. The first-order valence-corrected chi connectivity index (χ1v) is 8.75. The van der Waals surface area contributed by atoms with Crippen molar-refractivity contribution in [1.82, 2.24) is 15.0 Å². The molecule has 2 aromatic carbocycles. The van der Waals surface area contributed by atoms with Crippen LogP contribution in [0.15, 0.2) is 48.5 Å². The maximum absolute atomic E-state index is 13.4. The number of allylic oxidation sites excluding steroid dienone is 1. The predicted octanol–water partition coefficient (Wildman–Crippen LogP) is 3.57. The van der Waals surface area contributed by atoms with E-state index in [1.54, 1.807) is 37.3 Å². The number of carbonyl (C=O) groups is 1. The van der Waals surface area contributed by atoms with E-state index in [1.165, 1.54) is 31.0 Å². The second-order valence-corrected chi connectivity index (χ2v) is 6.27. The number of rotatable bonds is 7. The molecule has 1 aromatic heterocycles. The molecule has 0 fully saturated rings. The molecular formula is C21H20FN3O4. The van der Waals surface area contributed by atoms with Gasteiger partial charge >= 0.3 is 0 Å². The molecule has 0 atom stereocenters. The molecule has 0 radical (unpaired) electrons. The molecule has 8 heteroatoms. The van der Waals surface area contributed by atoms with Crippen LogP contribution in [0.1, 0.15) is 27.3 Å². The number of carbonyl (C=O) groups excluding carboxylic acids is 1. The van der Waals surface area contributed by atoms with Crippen LogP contribution in [0.5, 0.6) is 11.5 Å². The van der Waals surface area contributed by atoms with Crippen molar-refractivity contribution < 1.29 is 23.8 Å². The van der Waals surface area contributed by atoms with Gasteiger partial charge in [-0.15, -0.1) is 5.10 Å². The molecule has 0 amide bonds. The average molecular weight is 397 g/mol. The van der Waals surface area contributed by atoms with Crippen LogP contribution >= 0.6 is 0 Å². The molecule has 0 aliphatic carbocycles. The topological polar surface area (TPSA) is 86.5 Å². The van der Waals surface area contributed by atoms with E-state index in [4.69, 9.17) is 9.47 Å². The number of aliphatic hydroxyl groups is 1. The van der Waals surface area contributed by atoms with Crippen molar-refractivity contribution >= 4 is 11.5 Å². The summed E-state index contributed by atoms with van der Waals surface area (Å²) in [4.78, 5) is 12.6. The van der Waals surface area contributed by atoms with Crippen LogP contribution in [-0.2, 0) is 6.54 Å². The third-order valence-corrected chi connectivity index (χ3v) is 4.38. The van der Waals surface area contributed by atoms with E-state index >= 15 is 0 Å². The summed E-state index contributed by atoms with van der Waals surface area (Å²) in [6.45, 7) is 1.96. The van der Waals surface area contributed by atoms with Gasteiger partial charge in [-0.2, -0.15) is 0 Å². The zero-order valence-corrected chi connectivity index (χ0v) is 16.2. The predicted molar refractivity (Wildman–Crippen MR) is 105 cm³/mol. The van der Waals surface area contributed by atoms with Crippen molar-refractivity contribution in [2.24, 2.45) is 0 Å². The zero-order valence-electron chi connectivity index (χ0n) is 16.2. The van der Waals surface area contributed by atoms with Gasteiger partial charge in [0.25, 0.3) is 0 Å². The van der Waals surface area contributed by atoms with E-state index in [-0.39, 0.29) is 23.8 Å². The molecule has 3 rings (SSSR count). The number of aromatic nitrogens is 3. The van der Waals surface area contributed by atoms with E-state index in [9.17, 15) is 14.3 Å². The average Bonchev–Trinajstić information content (AvgIpc) is 3.07. The Morgan fingerprint density at radius 1 is 1.17 bits per heavy atom. The van der Waals surface area contributed by atoms with Crippen molar-refractivity contribution in [3.63, 3.8) is 0 Å². The van der Waals surface area contributed by atoms with Crippen molar-refractivity contribution in [2.75, 3.05) is 14.2 Å². The van der Waals surface area contributed by atoms with Gasteiger partial charge in [-0.05, 0) is 42.8 Å². The lowest BCUT2D eigenvalue weighted by Gasteiger charge is -2.09. The number of hydrogen-bond acceptors (Lipinski definition) is 6. The molecule has 3 aromatic rings. The Labute approximate surface area is 167 Å². The number of methoxy groups -OCH3 is 2. The van der Waals surface area contributed by atoms with Gasteiger partial charge in [-0.3, -0.25) is 4.79 Å². The number of ketones is 1. The Kier molecular flexibility index (Phi) is 5.92. The normalized spacial score (nSPS) is 11.4. The second kappa shape index (κ2) is 8.55. The summed E-state index contributed by atoms with van der Waals surface area (Å²) >= 11 is 0. The molecule has 0 saturated carbocycles.